The summed E-state index contributed by atoms with van der Waals surface area (Å²) in [5.74, 6) is 1.92. The van der Waals surface area contributed by atoms with E-state index in [1.807, 2.05) is 31.2 Å². The first-order valence-electron chi connectivity index (χ1n) is 8.70. The quantitative estimate of drug-likeness (QED) is 0.545. The summed E-state index contributed by atoms with van der Waals surface area (Å²) in [5.41, 5.74) is 2.26. The van der Waals surface area contributed by atoms with Gasteiger partial charge in [-0.15, -0.1) is 11.8 Å². The van der Waals surface area contributed by atoms with Crippen molar-refractivity contribution < 1.29 is 9.53 Å². The van der Waals surface area contributed by atoms with Gasteiger partial charge in [0.25, 0.3) is 5.91 Å². The SMILES string of the molecule is Cc1ccc(C(C)C)c(O[C@H](C)C(=O)NCCSc2ccccc2)c1. The van der Waals surface area contributed by atoms with E-state index in [-0.39, 0.29) is 5.91 Å². The molecule has 2 rings (SSSR count). The minimum atomic E-state index is -0.513. The largest absolute Gasteiger partial charge is 0.481 e. The number of ether oxygens (including phenoxy) is 1. The molecular formula is C21H27NO2S. The third kappa shape index (κ3) is 6.13. The number of amides is 1. The van der Waals surface area contributed by atoms with Gasteiger partial charge < -0.3 is 10.1 Å². The molecule has 3 nitrogen and oxygen atoms in total. The summed E-state index contributed by atoms with van der Waals surface area (Å²) < 4.78 is 5.95. The Morgan fingerprint density at radius 2 is 1.84 bits per heavy atom. The van der Waals surface area contributed by atoms with Gasteiger partial charge in [-0.2, -0.15) is 0 Å². The number of carbonyl (C=O) groups is 1. The fraction of sp³-hybridized carbons (Fsp3) is 0.381. The lowest BCUT2D eigenvalue weighted by Gasteiger charge is -2.19. The van der Waals surface area contributed by atoms with Crippen LogP contribution in [0.25, 0.3) is 0 Å². The van der Waals surface area contributed by atoms with Gasteiger partial charge in [-0.3, -0.25) is 4.79 Å². The van der Waals surface area contributed by atoms with Gasteiger partial charge in [-0.25, -0.2) is 0 Å². The summed E-state index contributed by atoms with van der Waals surface area (Å²) in [7, 11) is 0. The van der Waals surface area contributed by atoms with E-state index in [0.717, 1.165) is 22.6 Å². The van der Waals surface area contributed by atoms with Gasteiger partial charge >= 0.3 is 0 Å². The first kappa shape index (κ1) is 19.4. The van der Waals surface area contributed by atoms with E-state index < -0.39 is 6.10 Å². The Bertz CT molecular complexity index is 686. The molecule has 0 saturated heterocycles. The number of hydrogen-bond donors (Lipinski definition) is 1. The zero-order valence-corrected chi connectivity index (χ0v) is 16.2. The summed E-state index contributed by atoms with van der Waals surface area (Å²) in [6.45, 7) is 8.71. The smallest absolute Gasteiger partial charge is 0.260 e. The molecule has 1 atom stereocenters. The summed E-state index contributed by atoms with van der Waals surface area (Å²) in [6.07, 6.45) is -0.513. The Kier molecular flexibility index (Phi) is 7.38. The van der Waals surface area contributed by atoms with Crippen LogP contribution in [0.5, 0.6) is 5.75 Å². The fourth-order valence-corrected chi connectivity index (χ4v) is 3.26. The van der Waals surface area contributed by atoms with Gasteiger partial charge in [-0.1, -0.05) is 44.2 Å². The Morgan fingerprint density at radius 1 is 1.12 bits per heavy atom. The maximum atomic E-state index is 12.3. The van der Waals surface area contributed by atoms with E-state index in [1.54, 1.807) is 18.7 Å². The molecule has 25 heavy (non-hydrogen) atoms. The van der Waals surface area contributed by atoms with E-state index in [2.05, 4.69) is 43.4 Å². The van der Waals surface area contributed by atoms with Crippen molar-refractivity contribution in [2.45, 2.75) is 44.6 Å². The number of hydrogen-bond acceptors (Lipinski definition) is 3. The molecule has 0 heterocycles. The maximum absolute atomic E-state index is 12.3. The van der Waals surface area contributed by atoms with Crippen LogP contribution in [-0.4, -0.2) is 24.3 Å². The second-order valence-electron chi connectivity index (χ2n) is 6.41. The summed E-state index contributed by atoms with van der Waals surface area (Å²) in [5, 5.41) is 2.95. The molecule has 0 fully saturated rings. The minimum Gasteiger partial charge on any atom is -0.481 e. The number of carbonyl (C=O) groups excluding carboxylic acids is 1. The van der Waals surface area contributed by atoms with Gasteiger partial charge in [0.05, 0.1) is 0 Å². The van der Waals surface area contributed by atoms with Crippen molar-refractivity contribution in [1.82, 2.24) is 5.32 Å². The number of rotatable bonds is 8. The standard InChI is InChI=1S/C21H27NO2S/c1-15(2)19-11-10-16(3)14-20(19)24-17(4)21(23)22-12-13-25-18-8-6-5-7-9-18/h5-11,14-15,17H,12-13H2,1-4H3,(H,22,23)/t17-/m1/s1. The molecule has 0 bridgehead atoms. The molecule has 2 aromatic carbocycles. The summed E-state index contributed by atoms with van der Waals surface area (Å²) >= 11 is 1.73. The topological polar surface area (TPSA) is 38.3 Å². The molecule has 0 aliphatic carbocycles. The zero-order chi connectivity index (χ0) is 18.2. The Morgan fingerprint density at radius 3 is 2.52 bits per heavy atom. The average molecular weight is 358 g/mol. The third-order valence-corrected chi connectivity index (χ3v) is 4.89. The predicted molar refractivity (Wildman–Crippen MR) is 106 cm³/mol. The fourth-order valence-electron chi connectivity index (χ4n) is 2.47. The molecule has 0 radical (unpaired) electrons. The highest BCUT2D eigenvalue weighted by molar-refractivity contribution is 7.99. The maximum Gasteiger partial charge on any atom is 0.260 e. The number of aryl methyl sites for hydroxylation is 1. The predicted octanol–water partition coefficient (Wildman–Crippen LogP) is 4.79. The molecule has 4 heteroatoms. The van der Waals surface area contributed by atoms with Gasteiger partial charge in [-0.05, 0) is 49.1 Å². The average Bonchev–Trinajstić information content (AvgIpc) is 2.59. The lowest BCUT2D eigenvalue weighted by molar-refractivity contribution is -0.127. The highest BCUT2D eigenvalue weighted by Crippen LogP contribution is 2.28. The van der Waals surface area contributed by atoms with Crippen LogP contribution in [0.4, 0.5) is 0 Å². The van der Waals surface area contributed by atoms with Gasteiger partial charge in [0.15, 0.2) is 6.10 Å². The number of thioether (sulfide) groups is 1. The molecule has 1 N–H and O–H groups in total. The minimum absolute atomic E-state index is 0.0788. The van der Waals surface area contributed by atoms with Gasteiger partial charge in [0.2, 0.25) is 0 Å². The van der Waals surface area contributed by atoms with Crippen molar-refractivity contribution in [1.29, 1.82) is 0 Å². The highest BCUT2D eigenvalue weighted by atomic mass is 32.2. The van der Waals surface area contributed by atoms with Crippen LogP contribution in [0.3, 0.4) is 0 Å². The zero-order valence-electron chi connectivity index (χ0n) is 15.4. The van der Waals surface area contributed by atoms with E-state index in [1.165, 1.54) is 4.90 Å². The Labute approximate surface area is 155 Å². The first-order chi connectivity index (χ1) is 12.0. The van der Waals surface area contributed by atoms with Crippen molar-refractivity contribution in [2.24, 2.45) is 0 Å². The molecule has 0 spiro atoms. The third-order valence-electron chi connectivity index (χ3n) is 3.88. The molecule has 2 aromatic rings. The van der Waals surface area contributed by atoms with E-state index in [0.29, 0.717) is 12.5 Å². The number of benzene rings is 2. The molecule has 134 valence electrons. The second kappa shape index (κ2) is 9.52. The van der Waals surface area contributed by atoms with Crippen LogP contribution < -0.4 is 10.1 Å². The monoisotopic (exact) mass is 357 g/mol. The molecule has 0 saturated carbocycles. The van der Waals surface area contributed by atoms with Gasteiger partial charge in [0, 0.05) is 17.2 Å². The van der Waals surface area contributed by atoms with Crippen LogP contribution in [0.1, 0.15) is 37.8 Å². The first-order valence-corrected chi connectivity index (χ1v) is 9.68. The Hall–Kier alpha value is -1.94. The van der Waals surface area contributed by atoms with Crippen molar-refractivity contribution in [3.05, 3.63) is 59.7 Å². The van der Waals surface area contributed by atoms with Crippen LogP contribution in [0.2, 0.25) is 0 Å². The van der Waals surface area contributed by atoms with Gasteiger partial charge in [0.1, 0.15) is 5.75 Å². The number of nitrogens with one attached hydrogen (secondary N) is 1. The summed E-state index contributed by atoms with van der Waals surface area (Å²) in [6, 6.07) is 16.3. The van der Waals surface area contributed by atoms with Crippen molar-refractivity contribution >= 4 is 17.7 Å². The van der Waals surface area contributed by atoms with E-state index >= 15 is 0 Å². The van der Waals surface area contributed by atoms with Crippen molar-refractivity contribution in [2.75, 3.05) is 12.3 Å². The molecule has 1 amide bonds. The van der Waals surface area contributed by atoms with E-state index in [9.17, 15) is 4.79 Å². The van der Waals surface area contributed by atoms with Crippen molar-refractivity contribution in [3.8, 4) is 5.75 Å². The van der Waals surface area contributed by atoms with Crippen LogP contribution in [-0.2, 0) is 4.79 Å². The Balaban J connectivity index is 1.83. The molecular weight excluding hydrogens is 330 g/mol. The second-order valence-corrected chi connectivity index (χ2v) is 7.58. The molecule has 0 aliphatic heterocycles. The van der Waals surface area contributed by atoms with E-state index in [4.69, 9.17) is 4.74 Å². The lowest BCUT2D eigenvalue weighted by atomic mass is 10.0. The van der Waals surface area contributed by atoms with Crippen molar-refractivity contribution in [3.63, 3.8) is 0 Å². The molecule has 0 aromatic heterocycles. The molecule has 0 unspecified atom stereocenters. The van der Waals surface area contributed by atoms with Crippen LogP contribution in [0.15, 0.2) is 53.4 Å². The lowest BCUT2D eigenvalue weighted by Crippen LogP contribution is -2.37. The van der Waals surface area contributed by atoms with Crippen LogP contribution in [0, 0.1) is 6.92 Å². The normalized spacial score (nSPS) is 12.0. The van der Waals surface area contributed by atoms with Crippen LogP contribution >= 0.6 is 11.8 Å². The molecule has 0 aliphatic rings. The highest BCUT2D eigenvalue weighted by Gasteiger charge is 2.17. The summed E-state index contributed by atoms with van der Waals surface area (Å²) in [4.78, 5) is 13.5.